The largest absolute Gasteiger partial charge is 0.497 e. The van der Waals surface area contributed by atoms with Gasteiger partial charge in [0.25, 0.3) is 0 Å². The molecule has 2 rings (SSSR count). The summed E-state index contributed by atoms with van der Waals surface area (Å²) in [5.74, 6) is 0.899. The molecule has 18 heavy (non-hydrogen) atoms. The Balaban J connectivity index is 1.79. The predicted molar refractivity (Wildman–Crippen MR) is 72.9 cm³/mol. The van der Waals surface area contributed by atoms with Crippen LogP contribution < -0.4 is 10.5 Å². The minimum atomic E-state index is 0.150. The first-order valence-electron chi connectivity index (χ1n) is 6.73. The highest BCUT2D eigenvalue weighted by Crippen LogP contribution is 2.23. The molecule has 0 aromatic heterocycles. The first kappa shape index (κ1) is 13.4. The van der Waals surface area contributed by atoms with Crippen LogP contribution in [0.2, 0.25) is 0 Å². The fourth-order valence-electron chi connectivity index (χ4n) is 2.46. The van der Waals surface area contributed by atoms with Crippen LogP contribution in [0.4, 0.5) is 0 Å². The van der Waals surface area contributed by atoms with Crippen molar-refractivity contribution in [3.8, 4) is 5.75 Å². The van der Waals surface area contributed by atoms with Crippen LogP contribution in [-0.2, 0) is 11.2 Å². The van der Waals surface area contributed by atoms with Crippen molar-refractivity contribution in [1.29, 1.82) is 0 Å². The average molecular weight is 249 g/mol. The summed E-state index contributed by atoms with van der Waals surface area (Å²) in [5.41, 5.74) is 7.50. The number of hydrogen-bond acceptors (Lipinski definition) is 3. The van der Waals surface area contributed by atoms with Crippen molar-refractivity contribution in [3.05, 3.63) is 29.8 Å². The molecule has 3 heteroatoms. The normalized spacial score (nSPS) is 25.1. The van der Waals surface area contributed by atoms with Crippen molar-refractivity contribution in [2.45, 2.75) is 50.9 Å². The van der Waals surface area contributed by atoms with Crippen LogP contribution >= 0.6 is 0 Å². The second kappa shape index (κ2) is 6.21. The second-order valence-electron chi connectivity index (χ2n) is 5.11. The molecule has 1 saturated heterocycles. The van der Waals surface area contributed by atoms with Gasteiger partial charge in [-0.25, -0.2) is 0 Å². The molecule has 1 aliphatic heterocycles. The monoisotopic (exact) mass is 249 g/mol. The standard InChI is InChI=1S/C15H23NO2/c1-11-3-10-15(18-11)14(16)9-6-12-4-7-13(17-2)8-5-12/h4-5,7-8,11,14-15H,3,6,9-10,16H2,1-2H3. The lowest BCUT2D eigenvalue weighted by Crippen LogP contribution is -2.35. The van der Waals surface area contributed by atoms with Crippen molar-refractivity contribution < 1.29 is 9.47 Å². The van der Waals surface area contributed by atoms with Gasteiger partial charge >= 0.3 is 0 Å². The average Bonchev–Trinajstić information content (AvgIpc) is 2.83. The van der Waals surface area contributed by atoms with Crippen molar-refractivity contribution in [2.24, 2.45) is 5.73 Å². The number of aryl methyl sites for hydroxylation is 1. The summed E-state index contributed by atoms with van der Waals surface area (Å²) in [6, 6.07) is 8.34. The molecule has 1 aliphatic rings. The van der Waals surface area contributed by atoms with Crippen molar-refractivity contribution in [2.75, 3.05) is 7.11 Å². The lowest BCUT2D eigenvalue weighted by atomic mass is 10.00. The molecule has 0 saturated carbocycles. The Kier molecular flexibility index (Phi) is 4.61. The van der Waals surface area contributed by atoms with Crippen LogP contribution in [0.5, 0.6) is 5.75 Å². The molecule has 0 radical (unpaired) electrons. The van der Waals surface area contributed by atoms with Crippen LogP contribution in [0.3, 0.4) is 0 Å². The SMILES string of the molecule is COc1ccc(CCC(N)C2CCC(C)O2)cc1. The maximum Gasteiger partial charge on any atom is 0.118 e. The van der Waals surface area contributed by atoms with Crippen molar-refractivity contribution in [3.63, 3.8) is 0 Å². The third-order valence-electron chi connectivity index (χ3n) is 3.67. The van der Waals surface area contributed by atoms with E-state index >= 15 is 0 Å². The minimum Gasteiger partial charge on any atom is -0.497 e. The Hall–Kier alpha value is -1.06. The maximum absolute atomic E-state index is 6.20. The molecule has 0 bridgehead atoms. The number of ether oxygens (including phenoxy) is 2. The molecule has 100 valence electrons. The molecule has 1 aromatic rings. The van der Waals surface area contributed by atoms with E-state index in [0.717, 1.165) is 31.4 Å². The van der Waals surface area contributed by atoms with Crippen LogP contribution in [0.15, 0.2) is 24.3 Å². The summed E-state index contributed by atoms with van der Waals surface area (Å²) in [6.07, 6.45) is 4.84. The van der Waals surface area contributed by atoms with Gasteiger partial charge < -0.3 is 15.2 Å². The van der Waals surface area contributed by atoms with E-state index in [1.54, 1.807) is 7.11 Å². The quantitative estimate of drug-likeness (QED) is 0.872. The zero-order chi connectivity index (χ0) is 13.0. The maximum atomic E-state index is 6.20. The van der Waals surface area contributed by atoms with Gasteiger partial charge in [0.05, 0.1) is 19.3 Å². The Bertz CT molecular complexity index is 363. The Morgan fingerprint density at radius 3 is 2.61 bits per heavy atom. The van der Waals surface area contributed by atoms with Gasteiger partial charge in [-0.1, -0.05) is 12.1 Å². The lowest BCUT2D eigenvalue weighted by Gasteiger charge is -2.19. The van der Waals surface area contributed by atoms with Gasteiger partial charge in [-0.3, -0.25) is 0 Å². The summed E-state index contributed by atoms with van der Waals surface area (Å²) in [7, 11) is 1.68. The summed E-state index contributed by atoms with van der Waals surface area (Å²) < 4.78 is 10.9. The van der Waals surface area contributed by atoms with Crippen molar-refractivity contribution >= 4 is 0 Å². The zero-order valence-corrected chi connectivity index (χ0v) is 11.3. The molecule has 1 fully saturated rings. The van der Waals surface area contributed by atoms with Gasteiger partial charge in [0.2, 0.25) is 0 Å². The molecule has 1 heterocycles. The Morgan fingerprint density at radius 1 is 1.33 bits per heavy atom. The third kappa shape index (κ3) is 3.47. The summed E-state index contributed by atoms with van der Waals surface area (Å²) in [6.45, 7) is 2.12. The number of nitrogens with two attached hydrogens (primary N) is 1. The number of hydrogen-bond donors (Lipinski definition) is 1. The van der Waals surface area contributed by atoms with Gasteiger partial charge in [-0.05, 0) is 50.3 Å². The third-order valence-corrected chi connectivity index (χ3v) is 3.67. The highest BCUT2D eigenvalue weighted by atomic mass is 16.5. The molecule has 3 unspecified atom stereocenters. The Labute approximate surface area is 109 Å². The summed E-state index contributed by atoms with van der Waals surface area (Å²) in [4.78, 5) is 0. The topological polar surface area (TPSA) is 44.5 Å². The molecule has 0 spiro atoms. The molecule has 0 aliphatic carbocycles. The molecule has 1 aromatic carbocycles. The number of methoxy groups -OCH3 is 1. The number of benzene rings is 1. The van der Waals surface area contributed by atoms with E-state index in [9.17, 15) is 0 Å². The van der Waals surface area contributed by atoms with Gasteiger partial charge in [-0.15, -0.1) is 0 Å². The highest BCUT2D eigenvalue weighted by Gasteiger charge is 2.26. The van der Waals surface area contributed by atoms with E-state index in [1.807, 2.05) is 12.1 Å². The highest BCUT2D eigenvalue weighted by molar-refractivity contribution is 5.27. The van der Waals surface area contributed by atoms with Crippen LogP contribution in [0, 0.1) is 0 Å². The van der Waals surface area contributed by atoms with Crippen LogP contribution in [0.1, 0.15) is 31.7 Å². The first-order chi connectivity index (χ1) is 8.69. The van der Waals surface area contributed by atoms with Gasteiger partial charge in [-0.2, -0.15) is 0 Å². The fraction of sp³-hybridized carbons (Fsp3) is 0.600. The molecule has 3 nitrogen and oxygen atoms in total. The second-order valence-corrected chi connectivity index (χ2v) is 5.11. The summed E-state index contributed by atoms with van der Waals surface area (Å²) >= 11 is 0. The van der Waals surface area contributed by atoms with E-state index in [-0.39, 0.29) is 12.1 Å². The minimum absolute atomic E-state index is 0.150. The Morgan fingerprint density at radius 2 is 2.06 bits per heavy atom. The summed E-state index contributed by atoms with van der Waals surface area (Å²) in [5, 5.41) is 0. The van der Waals surface area contributed by atoms with E-state index in [2.05, 4.69) is 19.1 Å². The smallest absolute Gasteiger partial charge is 0.118 e. The molecule has 0 amide bonds. The first-order valence-corrected chi connectivity index (χ1v) is 6.73. The van der Waals surface area contributed by atoms with Crippen LogP contribution in [0.25, 0.3) is 0 Å². The van der Waals surface area contributed by atoms with Crippen molar-refractivity contribution in [1.82, 2.24) is 0 Å². The van der Waals surface area contributed by atoms with E-state index in [1.165, 1.54) is 5.56 Å². The van der Waals surface area contributed by atoms with Gasteiger partial charge in [0.15, 0.2) is 0 Å². The van der Waals surface area contributed by atoms with E-state index in [0.29, 0.717) is 6.10 Å². The van der Waals surface area contributed by atoms with Gasteiger partial charge in [0, 0.05) is 6.04 Å². The van der Waals surface area contributed by atoms with E-state index in [4.69, 9.17) is 15.2 Å². The molecular weight excluding hydrogens is 226 g/mol. The van der Waals surface area contributed by atoms with Gasteiger partial charge in [0.1, 0.15) is 5.75 Å². The zero-order valence-electron chi connectivity index (χ0n) is 11.3. The van der Waals surface area contributed by atoms with Crippen LogP contribution in [-0.4, -0.2) is 25.4 Å². The van der Waals surface area contributed by atoms with E-state index < -0.39 is 0 Å². The predicted octanol–water partition coefficient (Wildman–Crippen LogP) is 2.52. The number of rotatable bonds is 5. The molecule has 2 N–H and O–H groups in total. The lowest BCUT2D eigenvalue weighted by molar-refractivity contribution is 0.0388. The molecular formula is C15H23NO2. The molecule has 3 atom stereocenters. The fourth-order valence-corrected chi connectivity index (χ4v) is 2.46.